The number of rotatable bonds is 6. The number of aliphatic carboxylic acids is 1. The van der Waals surface area contributed by atoms with Gasteiger partial charge in [-0.05, 0) is 43.3 Å². The van der Waals surface area contributed by atoms with Crippen molar-refractivity contribution >= 4 is 17.8 Å². The first-order valence-electron chi connectivity index (χ1n) is 7.69. The van der Waals surface area contributed by atoms with E-state index in [1.165, 1.54) is 68.2 Å². The van der Waals surface area contributed by atoms with E-state index in [0.717, 1.165) is 4.57 Å². The number of ether oxygens (including phenoxy) is 1. The highest BCUT2D eigenvalue weighted by molar-refractivity contribution is 6.06. The normalized spacial score (nSPS) is 12.1. The lowest BCUT2D eigenvalue weighted by Gasteiger charge is -2.10. The Morgan fingerprint density at radius 2 is 1.77 bits per heavy atom. The molecule has 0 bridgehead atoms. The molecular weight excluding hydrogens is 340 g/mol. The quantitative estimate of drug-likeness (QED) is 0.605. The van der Waals surface area contributed by atoms with Crippen molar-refractivity contribution in [2.75, 3.05) is 0 Å². The van der Waals surface area contributed by atoms with E-state index in [1.807, 2.05) is 0 Å². The standard InChI is InChI=1S/C18H18N2O6/c1-11(17(23)24)26-14-7-4-12(5-8-14)15(21)9-6-13-10-19(2)18(25)20(3)16(13)22/h4-11H,1-3H3,(H,23,24)/b9-6+/t11-/m0/s1. The third-order valence-electron chi connectivity index (χ3n) is 3.69. The van der Waals surface area contributed by atoms with Crippen LogP contribution in [0.3, 0.4) is 0 Å². The Kier molecular flexibility index (Phi) is 5.56. The maximum atomic E-state index is 12.2. The third kappa shape index (κ3) is 4.15. The van der Waals surface area contributed by atoms with Crippen LogP contribution in [0.5, 0.6) is 5.75 Å². The van der Waals surface area contributed by atoms with Gasteiger partial charge in [0.15, 0.2) is 11.9 Å². The van der Waals surface area contributed by atoms with E-state index in [1.54, 1.807) is 0 Å². The van der Waals surface area contributed by atoms with Crippen LogP contribution in [0.15, 0.2) is 46.1 Å². The molecule has 2 aromatic rings. The Balaban J connectivity index is 2.18. The Morgan fingerprint density at radius 1 is 1.15 bits per heavy atom. The lowest BCUT2D eigenvalue weighted by molar-refractivity contribution is -0.144. The minimum absolute atomic E-state index is 0.207. The number of hydrogen-bond acceptors (Lipinski definition) is 5. The minimum Gasteiger partial charge on any atom is -0.479 e. The number of aromatic nitrogens is 2. The molecule has 1 aromatic heterocycles. The van der Waals surface area contributed by atoms with Gasteiger partial charge in [0.05, 0.1) is 5.56 Å². The maximum absolute atomic E-state index is 12.2. The van der Waals surface area contributed by atoms with Gasteiger partial charge in [-0.15, -0.1) is 0 Å². The molecule has 0 aliphatic rings. The zero-order valence-electron chi connectivity index (χ0n) is 14.5. The second kappa shape index (κ2) is 7.64. The van der Waals surface area contributed by atoms with Crippen molar-refractivity contribution in [3.8, 4) is 5.75 Å². The monoisotopic (exact) mass is 358 g/mol. The van der Waals surface area contributed by atoms with E-state index in [9.17, 15) is 19.2 Å². The topological polar surface area (TPSA) is 108 Å². The van der Waals surface area contributed by atoms with Gasteiger partial charge in [-0.1, -0.05) is 0 Å². The molecule has 0 unspecified atom stereocenters. The molecule has 0 amide bonds. The van der Waals surface area contributed by atoms with Crippen molar-refractivity contribution in [3.63, 3.8) is 0 Å². The number of hydrogen-bond donors (Lipinski definition) is 1. The molecule has 0 aliphatic carbocycles. The van der Waals surface area contributed by atoms with Gasteiger partial charge >= 0.3 is 11.7 Å². The van der Waals surface area contributed by atoms with Gasteiger partial charge in [-0.25, -0.2) is 9.59 Å². The summed E-state index contributed by atoms with van der Waals surface area (Å²) in [5.74, 6) is -1.11. The number of allylic oxidation sites excluding steroid dienone is 1. The van der Waals surface area contributed by atoms with E-state index in [0.29, 0.717) is 11.3 Å². The molecule has 1 N–H and O–H groups in total. The molecule has 1 aromatic carbocycles. The van der Waals surface area contributed by atoms with Gasteiger partial charge in [-0.2, -0.15) is 0 Å². The van der Waals surface area contributed by atoms with E-state index in [2.05, 4.69) is 0 Å². The summed E-state index contributed by atoms with van der Waals surface area (Å²) in [6.45, 7) is 1.40. The average molecular weight is 358 g/mol. The molecule has 0 aliphatic heterocycles. The van der Waals surface area contributed by atoms with Crippen molar-refractivity contribution < 1.29 is 19.4 Å². The molecule has 136 valence electrons. The second-order valence-electron chi connectivity index (χ2n) is 5.66. The van der Waals surface area contributed by atoms with E-state index >= 15 is 0 Å². The van der Waals surface area contributed by atoms with Crippen LogP contribution in [0.1, 0.15) is 22.8 Å². The van der Waals surface area contributed by atoms with Gasteiger partial charge in [0, 0.05) is 25.9 Å². The molecule has 26 heavy (non-hydrogen) atoms. The fourth-order valence-corrected chi connectivity index (χ4v) is 2.16. The predicted molar refractivity (Wildman–Crippen MR) is 94.5 cm³/mol. The van der Waals surface area contributed by atoms with E-state index < -0.39 is 23.3 Å². The summed E-state index contributed by atoms with van der Waals surface area (Å²) in [4.78, 5) is 46.6. The highest BCUT2D eigenvalue weighted by atomic mass is 16.5. The molecule has 0 spiro atoms. The average Bonchev–Trinajstić information content (AvgIpc) is 2.62. The highest BCUT2D eigenvalue weighted by Gasteiger charge is 2.12. The number of carbonyl (C=O) groups is 2. The van der Waals surface area contributed by atoms with Gasteiger partial charge in [0.25, 0.3) is 5.56 Å². The fourth-order valence-electron chi connectivity index (χ4n) is 2.16. The van der Waals surface area contributed by atoms with Crippen molar-refractivity contribution in [2.45, 2.75) is 13.0 Å². The van der Waals surface area contributed by atoms with Crippen molar-refractivity contribution in [2.24, 2.45) is 14.1 Å². The smallest absolute Gasteiger partial charge is 0.344 e. The zero-order valence-corrected chi connectivity index (χ0v) is 14.5. The predicted octanol–water partition coefficient (Wildman–Crippen LogP) is 0.832. The SMILES string of the molecule is C[C@H](Oc1ccc(C(=O)/C=C/c2cn(C)c(=O)n(C)c2=O)cc1)C(=O)O. The molecule has 1 heterocycles. The number of benzene rings is 1. The third-order valence-corrected chi connectivity index (χ3v) is 3.69. The number of carbonyl (C=O) groups excluding carboxylic acids is 1. The van der Waals surface area contributed by atoms with Crippen molar-refractivity contribution in [1.82, 2.24) is 9.13 Å². The summed E-state index contributed by atoms with van der Waals surface area (Å²) in [5, 5.41) is 8.81. The molecule has 0 fully saturated rings. The van der Waals surface area contributed by atoms with Crippen LogP contribution in [0, 0.1) is 0 Å². The summed E-state index contributed by atoms with van der Waals surface area (Å²) in [6, 6.07) is 5.97. The van der Waals surface area contributed by atoms with E-state index in [-0.39, 0.29) is 11.3 Å². The van der Waals surface area contributed by atoms with Gasteiger partial charge in [-0.3, -0.25) is 14.2 Å². The number of carboxylic acids is 1. The first-order valence-corrected chi connectivity index (χ1v) is 7.69. The van der Waals surface area contributed by atoms with Crippen molar-refractivity contribution in [3.05, 3.63) is 68.5 Å². The summed E-state index contributed by atoms with van der Waals surface area (Å²) < 4.78 is 7.40. The molecule has 1 atom stereocenters. The summed E-state index contributed by atoms with van der Waals surface area (Å²) in [7, 11) is 2.87. The van der Waals surface area contributed by atoms with Crippen LogP contribution < -0.4 is 16.0 Å². The summed E-state index contributed by atoms with van der Waals surface area (Å²) in [6.07, 6.45) is 2.94. The van der Waals surface area contributed by atoms with Crippen LogP contribution in [-0.4, -0.2) is 32.1 Å². The van der Waals surface area contributed by atoms with Crippen LogP contribution in [0.2, 0.25) is 0 Å². The van der Waals surface area contributed by atoms with Crippen molar-refractivity contribution in [1.29, 1.82) is 0 Å². The molecule has 0 saturated heterocycles. The Labute approximate surface area is 148 Å². The second-order valence-corrected chi connectivity index (χ2v) is 5.66. The number of aryl methyl sites for hydroxylation is 1. The maximum Gasteiger partial charge on any atom is 0.344 e. The first-order chi connectivity index (χ1) is 12.2. The molecule has 0 saturated carbocycles. The van der Waals surface area contributed by atoms with E-state index in [4.69, 9.17) is 9.84 Å². The Bertz CT molecular complexity index is 982. The Morgan fingerprint density at radius 3 is 2.35 bits per heavy atom. The fraction of sp³-hybridized carbons (Fsp3) is 0.222. The van der Waals surface area contributed by atoms with Gasteiger partial charge in [0.2, 0.25) is 0 Å². The Hall–Kier alpha value is -3.42. The number of ketones is 1. The van der Waals surface area contributed by atoms with Gasteiger partial charge < -0.3 is 14.4 Å². The molecule has 8 nitrogen and oxygen atoms in total. The van der Waals surface area contributed by atoms with Crippen LogP contribution in [0.4, 0.5) is 0 Å². The lowest BCUT2D eigenvalue weighted by Crippen LogP contribution is -2.37. The molecule has 0 radical (unpaired) electrons. The largest absolute Gasteiger partial charge is 0.479 e. The summed E-state index contributed by atoms with van der Waals surface area (Å²) in [5.41, 5.74) is -0.399. The van der Waals surface area contributed by atoms with Crippen LogP contribution in [-0.2, 0) is 18.9 Å². The molecular formula is C18H18N2O6. The van der Waals surface area contributed by atoms with Crippen LogP contribution >= 0.6 is 0 Å². The highest BCUT2D eigenvalue weighted by Crippen LogP contribution is 2.15. The summed E-state index contributed by atoms with van der Waals surface area (Å²) >= 11 is 0. The molecule has 2 rings (SSSR count). The van der Waals surface area contributed by atoms with Gasteiger partial charge in [0.1, 0.15) is 5.75 Å². The zero-order chi connectivity index (χ0) is 19.4. The first kappa shape index (κ1) is 18.9. The van der Waals surface area contributed by atoms with Crippen LogP contribution in [0.25, 0.3) is 6.08 Å². The lowest BCUT2D eigenvalue weighted by atomic mass is 10.1. The molecule has 8 heteroatoms. The minimum atomic E-state index is -1.09. The number of carboxylic acid groups (broad SMARTS) is 1. The number of nitrogens with zero attached hydrogens (tertiary/aromatic N) is 2.